The number of halogens is 3. The van der Waals surface area contributed by atoms with Crippen LogP contribution >= 0.6 is 0 Å². The molecule has 1 atom stereocenters. The lowest BCUT2D eigenvalue weighted by molar-refractivity contribution is -0.137. The smallest absolute Gasteiger partial charge is 0.416 e. The fraction of sp³-hybridized carbons (Fsp3) is 0.318. The van der Waals surface area contributed by atoms with E-state index in [2.05, 4.69) is 19.6 Å². The summed E-state index contributed by atoms with van der Waals surface area (Å²) in [6.07, 6.45) is 1.23. The predicted octanol–water partition coefficient (Wildman–Crippen LogP) is 4.82. The number of rotatable bonds is 2. The Kier molecular flexibility index (Phi) is 4.32. The van der Waals surface area contributed by atoms with Gasteiger partial charge in [0.2, 0.25) is 0 Å². The van der Waals surface area contributed by atoms with Gasteiger partial charge in [-0.1, -0.05) is 0 Å². The monoisotopic (exact) mass is 427 g/mol. The van der Waals surface area contributed by atoms with E-state index < -0.39 is 17.5 Å². The molecular formula is C22H20F3N5O. The van der Waals surface area contributed by atoms with Gasteiger partial charge < -0.3 is 9.67 Å². The zero-order valence-electron chi connectivity index (χ0n) is 17.0. The second kappa shape index (κ2) is 6.83. The van der Waals surface area contributed by atoms with Crippen LogP contribution in [0, 0.1) is 13.8 Å². The van der Waals surface area contributed by atoms with Crippen molar-refractivity contribution in [2.45, 2.75) is 45.5 Å². The largest absolute Gasteiger partial charge is 0.507 e. The lowest BCUT2D eigenvalue weighted by atomic mass is 10.00. The fourth-order valence-corrected chi connectivity index (χ4v) is 4.30. The number of nitrogens with zero attached hydrogens (tertiary/aromatic N) is 5. The van der Waals surface area contributed by atoms with Crippen molar-refractivity contribution in [3.05, 3.63) is 59.3 Å². The van der Waals surface area contributed by atoms with Gasteiger partial charge in [0.15, 0.2) is 5.65 Å². The molecule has 6 nitrogen and oxygen atoms in total. The molecule has 0 fully saturated rings. The number of hydrogen-bond donors (Lipinski definition) is 1. The molecule has 5 rings (SSSR count). The number of aromatic nitrogens is 5. The molecule has 0 spiro atoms. The maximum atomic E-state index is 13.0. The highest BCUT2D eigenvalue weighted by atomic mass is 19.4. The summed E-state index contributed by atoms with van der Waals surface area (Å²) >= 11 is 0. The predicted molar refractivity (Wildman–Crippen MR) is 109 cm³/mol. The summed E-state index contributed by atoms with van der Waals surface area (Å²) in [6, 6.07) is 5.45. The molecule has 0 saturated heterocycles. The minimum atomic E-state index is -4.52. The van der Waals surface area contributed by atoms with E-state index in [1.54, 1.807) is 6.07 Å². The Morgan fingerprint density at radius 2 is 1.90 bits per heavy atom. The number of aryl methyl sites for hydroxylation is 3. The first-order chi connectivity index (χ1) is 14.7. The highest BCUT2D eigenvalue weighted by Crippen LogP contribution is 2.39. The molecule has 1 aliphatic rings. The summed E-state index contributed by atoms with van der Waals surface area (Å²) in [5.41, 5.74) is 1.57. The van der Waals surface area contributed by atoms with Gasteiger partial charge in [-0.05, 0) is 50.1 Å². The molecule has 1 aliphatic heterocycles. The van der Waals surface area contributed by atoms with Crippen molar-refractivity contribution in [2.75, 3.05) is 0 Å². The van der Waals surface area contributed by atoms with Crippen LogP contribution in [0.4, 0.5) is 13.2 Å². The second-order valence-corrected chi connectivity index (χ2v) is 8.05. The number of imidazole rings is 1. The van der Waals surface area contributed by atoms with Crippen molar-refractivity contribution in [2.24, 2.45) is 0 Å². The number of fused-ring (bicyclic) bond motifs is 2. The van der Waals surface area contributed by atoms with Gasteiger partial charge in [-0.15, -0.1) is 0 Å². The highest BCUT2D eigenvalue weighted by molar-refractivity contribution is 5.80. The van der Waals surface area contributed by atoms with Crippen LogP contribution in [0.5, 0.6) is 5.75 Å². The van der Waals surface area contributed by atoms with E-state index in [4.69, 9.17) is 0 Å². The highest BCUT2D eigenvalue weighted by Gasteiger charge is 2.32. The van der Waals surface area contributed by atoms with E-state index in [0.29, 0.717) is 16.9 Å². The molecule has 0 aliphatic carbocycles. The van der Waals surface area contributed by atoms with Gasteiger partial charge in [-0.2, -0.15) is 18.3 Å². The summed E-state index contributed by atoms with van der Waals surface area (Å²) < 4.78 is 43.1. The Bertz CT molecular complexity index is 1280. The van der Waals surface area contributed by atoms with Gasteiger partial charge in [0.1, 0.15) is 11.6 Å². The number of phenolic OH excluding ortho intramolecular Hbond substituents is 1. The molecule has 1 unspecified atom stereocenters. The van der Waals surface area contributed by atoms with Gasteiger partial charge in [-0.25, -0.2) is 9.97 Å². The normalized spacial score (nSPS) is 16.6. The topological polar surface area (TPSA) is 68.8 Å². The molecule has 0 amide bonds. The first-order valence-electron chi connectivity index (χ1n) is 9.99. The Balaban J connectivity index is 1.50. The molecule has 9 heteroatoms. The Morgan fingerprint density at radius 3 is 2.65 bits per heavy atom. The van der Waals surface area contributed by atoms with E-state index in [0.717, 1.165) is 48.4 Å². The lowest BCUT2D eigenvalue weighted by Crippen LogP contribution is -2.23. The van der Waals surface area contributed by atoms with Gasteiger partial charge >= 0.3 is 6.18 Å². The summed E-state index contributed by atoms with van der Waals surface area (Å²) in [5, 5.41) is 15.8. The first kappa shape index (κ1) is 19.6. The zero-order valence-corrected chi connectivity index (χ0v) is 17.0. The van der Waals surface area contributed by atoms with Gasteiger partial charge in [-0.3, -0.25) is 4.68 Å². The van der Waals surface area contributed by atoms with Crippen molar-refractivity contribution in [3.8, 4) is 17.0 Å². The van der Waals surface area contributed by atoms with Crippen LogP contribution in [0.25, 0.3) is 22.3 Å². The Hall–Kier alpha value is -3.36. The van der Waals surface area contributed by atoms with Gasteiger partial charge in [0.25, 0.3) is 0 Å². The zero-order chi connectivity index (χ0) is 21.9. The van der Waals surface area contributed by atoms with E-state index in [-0.39, 0.29) is 11.6 Å². The molecule has 0 saturated carbocycles. The molecule has 1 aromatic carbocycles. The van der Waals surface area contributed by atoms with Gasteiger partial charge in [0.05, 0.1) is 23.0 Å². The molecule has 0 bridgehead atoms. The molecule has 4 heterocycles. The molecule has 1 N–H and O–H groups in total. The molecule has 160 valence electrons. The van der Waals surface area contributed by atoms with E-state index in [1.165, 1.54) is 6.92 Å². The number of aromatic hydroxyl groups is 1. The Morgan fingerprint density at radius 1 is 1.10 bits per heavy atom. The fourth-order valence-electron chi connectivity index (χ4n) is 4.30. The number of phenols is 1. The van der Waals surface area contributed by atoms with Crippen molar-refractivity contribution >= 4 is 11.0 Å². The molecule has 31 heavy (non-hydrogen) atoms. The van der Waals surface area contributed by atoms with E-state index in [9.17, 15) is 18.3 Å². The third-order valence-electron chi connectivity index (χ3n) is 5.75. The average molecular weight is 427 g/mol. The van der Waals surface area contributed by atoms with Crippen molar-refractivity contribution in [1.82, 2.24) is 24.3 Å². The minimum Gasteiger partial charge on any atom is -0.507 e. The van der Waals surface area contributed by atoms with Crippen LogP contribution in [0.1, 0.15) is 35.1 Å². The lowest BCUT2D eigenvalue weighted by Gasteiger charge is -2.23. The molecule has 3 aromatic heterocycles. The Labute approximate surface area is 176 Å². The van der Waals surface area contributed by atoms with Crippen LogP contribution in [-0.2, 0) is 19.1 Å². The van der Waals surface area contributed by atoms with Crippen LogP contribution in [0.2, 0.25) is 0 Å². The van der Waals surface area contributed by atoms with Crippen LogP contribution in [0.15, 0.2) is 36.7 Å². The van der Waals surface area contributed by atoms with Crippen LogP contribution in [-0.4, -0.2) is 29.4 Å². The van der Waals surface area contributed by atoms with Crippen LogP contribution in [0.3, 0.4) is 0 Å². The summed E-state index contributed by atoms with van der Waals surface area (Å²) in [5.74, 6) is 0.632. The van der Waals surface area contributed by atoms with E-state index >= 15 is 0 Å². The van der Waals surface area contributed by atoms with E-state index in [1.807, 2.05) is 30.1 Å². The number of benzene rings is 1. The third-order valence-corrected chi connectivity index (χ3v) is 5.75. The third kappa shape index (κ3) is 3.43. The van der Waals surface area contributed by atoms with Gasteiger partial charge in [0, 0.05) is 36.3 Å². The molecule has 4 aromatic rings. The standard InChI is InChI=1S/C22H20F3N5O/c1-12-7-15(22(23,24)25)8-18(31)20(12)17-5-3-14-10-30(28-21(14)27-17)16-4-6-19-26-13(2)9-29(19)11-16/h3,5,7-10,16,31H,4,6,11H2,1-2H3. The number of pyridine rings is 1. The number of hydrogen-bond acceptors (Lipinski definition) is 4. The summed E-state index contributed by atoms with van der Waals surface area (Å²) in [7, 11) is 0. The van der Waals surface area contributed by atoms with Crippen molar-refractivity contribution in [1.29, 1.82) is 0 Å². The van der Waals surface area contributed by atoms with Crippen molar-refractivity contribution < 1.29 is 18.3 Å². The molecular weight excluding hydrogens is 407 g/mol. The summed E-state index contributed by atoms with van der Waals surface area (Å²) in [6.45, 7) is 4.28. The maximum absolute atomic E-state index is 13.0. The quantitative estimate of drug-likeness (QED) is 0.498. The molecule has 0 radical (unpaired) electrons. The minimum absolute atomic E-state index is 0.167. The maximum Gasteiger partial charge on any atom is 0.416 e. The van der Waals surface area contributed by atoms with Crippen molar-refractivity contribution in [3.63, 3.8) is 0 Å². The average Bonchev–Trinajstić information content (AvgIpc) is 3.27. The summed E-state index contributed by atoms with van der Waals surface area (Å²) in [4.78, 5) is 9.06. The first-order valence-corrected chi connectivity index (χ1v) is 9.99. The van der Waals surface area contributed by atoms with Crippen LogP contribution < -0.4 is 0 Å². The second-order valence-electron chi connectivity index (χ2n) is 8.05. The number of alkyl halides is 3. The SMILES string of the molecule is Cc1cn2c(n1)CCC(n1cc3ccc(-c4c(C)cc(C(F)(F)F)cc4O)nc3n1)C2.